The Morgan fingerprint density at radius 2 is 1.88 bits per heavy atom. The van der Waals surface area contributed by atoms with Crippen LogP contribution in [0, 0.1) is 5.92 Å². The van der Waals surface area contributed by atoms with E-state index in [4.69, 9.17) is 0 Å². The van der Waals surface area contributed by atoms with Crippen molar-refractivity contribution in [1.29, 1.82) is 0 Å². The molecule has 0 aromatic heterocycles. The Kier molecular flexibility index (Phi) is 2.42. The molecular formula is C13H16N2O2. The van der Waals surface area contributed by atoms with Crippen molar-refractivity contribution in [2.75, 3.05) is 24.5 Å². The number of phenols is 1. The van der Waals surface area contributed by atoms with Crippen molar-refractivity contribution in [3.63, 3.8) is 0 Å². The van der Waals surface area contributed by atoms with Crippen molar-refractivity contribution in [3.05, 3.63) is 24.3 Å². The van der Waals surface area contributed by atoms with Crippen molar-refractivity contribution in [1.82, 2.24) is 4.90 Å². The summed E-state index contributed by atoms with van der Waals surface area (Å²) in [5.74, 6) is 0.967. The number of amides is 2. The summed E-state index contributed by atoms with van der Waals surface area (Å²) in [7, 11) is 0. The molecule has 1 aliphatic heterocycles. The molecule has 1 heterocycles. The Hall–Kier alpha value is -1.71. The van der Waals surface area contributed by atoms with Crippen LogP contribution in [-0.4, -0.2) is 35.7 Å². The van der Waals surface area contributed by atoms with Crippen LogP contribution in [0.4, 0.5) is 10.5 Å². The molecule has 1 aromatic carbocycles. The average Bonchev–Trinajstić information content (AvgIpc) is 3.07. The Bertz CT molecular complexity index is 426. The molecule has 1 saturated heterocycles. The zero-order valence-electron chi connectivity index (χ0n) is 9.67. The zero-order valence-corrected chi connectivity index (χ0v) is 9.67. The minimum absolute atomic E-state index is 0.0996. The minimum Gasteiger partial charge on any atom is -0.508 e. The van der Waals surface area contributed by atoms with E-state index in [1.54, 1.807) is 29.2 Å². The van der Waals surface area contributed by atoms with Crippen LogP contribution >= 0.6 is 0 Å². The number of hydrogen-bond acceptors (Lipinski definition) is 2. The summed E-state index contributed by atoms with van der Waals surface area (Å²) in [4.78, 5) is 15.9. The lowest BCUT2D eigenvalue weighted by Gasteiger charge is -2.18. The van der Waals surface area contributed by atoms with Crippen LogP contribution in [0.15, 0.2) is 24.3 Å². The Morgan fingerprint density at radius 3 is 2.53 bits per heavy atom. The highest BCUT2D eigenvalue weighted by Gasteiger charge is 2.33. The van der Waals surface area contributed by atoms with Crippen LogP contribution in [-0.2, 0) is 0 Å². The van der Waals surface area contributed by atoms with Crippen LogP contribution in [0.3, 0.4) is 0 Å². The maximum Gasteiger partial charge on any atom is 0.324 e. The summed E-state index contributed by atoms with van der Waals surface area (Å²) in [6.07, 6.45) is 2.53. The smallest absolute Gasteiger partial charge is 0.324 e. The normalized spacial score (nSPS) is 20.1. The molecule has 3 rings (SSSR count). The maximum atomic E-state index is 12.1. The summed E-state index contributed by atoms with van der Waals surface area (Å²) in [6, 6.07) is 6.91. The minimum atomic E-state index is 0.0996. The van der Waals surface area contributed by atoms with E-state index in [1.165, 1.54) is 12.8 Å². The van der Waals surface area contributed by atoms with Crippen LogP contribution in [0.1, 0.15) is 12.8 Å². The van der Waals surface area contributed by atoms with Crippen molar-refractivity contribution in [3.8, 4) is 5.75 Å². The number of aromatic hydroxyl groups is 1. The SMILES string of the molecule is O=C1N(CC2CC2)CCN1c1ccc(O)cc1. The van der Waals surface area contributed by atoms with Gasteiger partial charge in [0.05, 0.1) is 0 Å². The summed E-state index contributed by atoms with van der Waals surface area (Å²) in [6.45, 7) is 2.47. The van der Waals surface area contributed by atoms with Crippen LogP contribution < -0.4 is 4.90 Å². The van der Waals surface area contributed by atoms with Crippen molar-refractivity contribution >= 4 is 11.7 Å². The van der Waals surface area contributed by atoms with Crippen molar-refractivity contribution in [2.45, 2.75) is 12.8 Å². The van der Waals surface area contributed by atoms with E-state index < -0.39 is 0 Å². The topological polar surface area (TPSA) is 43.8 Å². The summed E-state index contributed by atoms with van der Waals surface area (Å²) >= 11 is 0. The van der Waals surface area contributed by atoms with Crippen LogP contribution in [0.5, 0.6) is 5.75 Å². The summed E-state index contributed by atoms with van der Waals surface area (Å²) in [5, 5.41) is 9.23. The number of carbonyl (C=O) groups is 1. The molecule has 1 N–H and O–H groups in total. The molecule has 0 bridgehead atoms. The van der Waals surface area contributed by atoms with Gasteiger partial charge in [-0.2, -0.15) is 0 Å². The highest BCUT2D eigenvalue weighted by atomic mass is 16.3. The van der Waals surface area contributed by atoms with Gasteiger partial charge in [-0.3, -0.25) is 4.90 Å². The van der Waals surface area contributed by atoms with Gasteiger partial charge >= 0.3 is 6.03 Å². The molecule has 17 heavy (non-hydrogen) atoms. The average molecular weight is 232 g/mol. The van der Waals surface area contributed by atoms with E-state index >= 15 is 0 Å². The monoisotopic (exact) mass is 232 g/mol. The first kappa shape index (κ1) is 10.4. The second-order valence-corrected chi connectivity index (χ2v) is 4.84. The number of hydrogen-bond donors (Lipinski definition) is 1. The van der Waals surface area contributed by atoms with E-state index in [9.17, 15) is 9.90 Å². The van der Waals surface area contributed by atoms with Gasteiger partial charge in [-0.15, -0.1) is 0 Å². The fourth-order valence-electron chi connectivity index (χ4n) is 2.24. The number of benzene rings is 1. The van der Waals surface area contributed by atoms with E-state index in [1.807, 2.05) is 4.90 Å². The Balaban J connectivity index is 1.72. The fourth-order valence-corrected chi connectivity index (χ4v) is 2.24. The number of carbonyl (C=O) groups excluding carboxylic acids is 1. The van der Waals surface area contributed by atoms with Crippen LogP contribution in [0.2, 0.25) is 0 Å². The van der Waals surface area contributed by atoms with Gasteiger partial charge in [-0.1, -0.05) is 0 Å². The first-order chi connectivity index (χ1) is 8.24. The number of anilines is 1. The second kappa shape index (κ2) is 3.95. The van der Waals surface area contributed by atoms with E-state index in [-0.39, 0.29) is 11.8 Å². The van der Waals surface area contributed by atoms with Gasteiger partial charge in [-0.25, -0.2) is 4.79 Å². The summed E-state index contributed by atoms with van der Waals surface area (Å²) < 4.78 is 0. The van der Waals surface area contributed by atoms with E-state index in [2.05, 4.69) is 0 Å². The molecular weight excluding hydrogens is 216 g/mol. The highest BCUT2D eigenvalue weighted by Crippen LogP contribution is 2.31. The summed E-state index contributed by atoms with van der Waals surface area (Å²) in [5.41, 5.74) is 0.867. The molecule has 0 atom stereocenters. The Labute approximate surface area is 100 Å². The number of nitrogens with zero attached hydrogens (tertiary/aromatic N) is 2. The number of rotatable bonds is 3. The molecule has 0 radical (unpaired) electrons. The van der Waals surface area contributed by atoms with Gasteiger partial charge in [0.15, 0.2) is 0 Å². The van der Waals surface area contributed by atoms with Crippen molar-refractivity contribution in [2.24, 2.45) is 5.92 Å². The molecule has 1 aromatic rings. The largest absolute Gasteiger partial charge is 0.508 e. The van der Waals surface area contributed by atoms with Gasteiger partial charge in [0, 0.05) is 25.3 Å². The first-order valence-corrected chi connectivity index (χ1v) is 6.09. The van der Waals surface area contributed by atoms with E-state index in [0.717, 1.165) is 31.2 Å². The molecule has 1 aliphatic carbocycles. The number of urea groups is 1. The molecule has 4 nitrogen and oxygen atoms in total. The van der Waals surface area contributed by atoms with Gasteiger partial charge in [0.2, 0.25) is 0 Å². The molecule has 2 amide bonds. The highest BCUT2D eigenvalue weighted by molar-refractivity contribution is 5.94. The van der Waals surface area contributed by atoms with Gasteiger partial charge < -0.3 is 10.0 Å². The molecule has 4 heteroatoms. The predicted octanol–water partition coefficient (Wildman–Crippen LogP) is 2.04. The van der Waals surface area contributed by atoms with Crippen LogP contribution in [0.25, 0.3) is 0 Å². The predicted molar refractivity (Wildman–Crippen MR) is 65.1 cm³/mol. The lowest BCUT2D eigenvalue weighted by atomic mass is 10.3. The molecule has 2 aliphatic rings. The lowest BCUT2D eigenvalue weighted by Crippen LogP contribution is -2.33. The standard InChI is InChI=1S/C13H16N2O2/c16-12-5-3-11(4-6-12)15-8-7-14(13(15)17)9-10-1-2-10/h3-6,10,16H,1-2,7-9H2. The molecule has 2 fully saturated rings. The molecule has 0 unspecified atom stereocenters. The lowest BCUT2D eigenvalue weighted by molar-refractivity contribution is 0.218. The molecule has 0 spiro atoms. The van der Waals surface area contributed by atoms with Gasteiger partial charge in [0.25, 0.3) is 0 Å². The zero-order chi connectivity index (χ0) is 11.8. The van der Waals surface area contributed by atoms with Gasteiger partial charge in [-0.05, 0) is 43.0 Å². The maximum absolute atomic E-state index is 12.1. The third-order valence-electron chi connectivity index (χ3n) is 3.43. The second-order valence-electron chi connectivity index (χ2n) is 4.84. The van der Waals surface area contributed by atoms with Gasteiger partial charge in [0.1, 0.15) is 5.75 Å². The Morgan fingerprint density at radius 1 is 1.18 bits per heavy atom. The molecule has 1 saturated carbocycles. The molecule has 90 valence electrons. The fraction of sp³-hybridized carbons (Fsp3) is 0.462. The number of phenolic OH excluding ortho intramolecular Hbond substituents is 1. The van der Waals surface area contributed by atoms with E-state index in [0.29, 0.717) is 0 Å². The first-order valence-electron chi connectivity index (χ1n) is 6.09. The quantitative estimate of drug-likeness (QED) is 0.866. The third-order valence-corrected chi connectivity index (χ3v) is 3.43. The third kappa shape index (κ3) is 2.07. The van der Waals surface area contributed by atoms with Crippen molar-refractivity contribution < 1.29 is 9.90 Å².